The van der Waals surface area contributed by atoms with Crippen molar-refractivity contribution in [2.24, 2.45) is 0 Å². The van der Waals surface area contributed by atoms with Crippen LogP contribution in [-0.2, 0) is 14.4 Å². The largest absolute Gasteiger partial charge is 0.483 e. The zero-order valence-corrected chi connectivity index (χ0v) is 5.66. The van der Waals surface area contributed by atoms with Crippen molar-refractivity contribution >= 4 is 18.3 Å². The summed E-state index contributed by atoms with van der Waals surface area (Å²) in [5.41, 5.74) is 0. The highest BCUT2D eigenvalue weighted by atomic mass is 16.3. The van der Waals surface area contributed by atoms with E-state index in [1.807, 2.05) is 0 Å². The molecule has 1 saturated heterocycles. The molecular weight excluding hydrogens is 152 g/mol. The van der Waals surface area contributed by atoms with Gasteiger partial charge in [0.1, 0.15) is 0 Å². The average Bonchev–Trinajstić information content (AvgIpc) is 1.88. The van der Waals surface area contributed by atoms with E-state index < -0.39 is 0 Å². The lowest BCUT2D eigenvalue weighted by atomic mass is 10.4. The maximum atomic E-state index is 10.3. The molecule has 0 aromatic heterocycles. The van der Waals surface area contributed by atoms with Gasteiger partial charge < -0.3 is 5.11 Å². The Morgan fingerprint density at radius 2 is 1.64 bits per heavy atom. The third-order valence-electron chi connectivity index (χ3n) is 0.850. The standard InChI is InChI=1S/C4H6N2O2.CH2O2/c7-3-1-5-2-4(8)6-3;2-1-3/h5H,1-2H2,(H,6,7,8);1H,(H,2,3). The first-order valence-electron chi connectivity index (χ1n) is 2.82. The summed E-state index contributed by atoms with van der Waals surface area (Å²) in [7, 11) is 0. The van der Waals surface area contributed by atoms with Crippen molar-refractivity contribution < 1.29 is 19.5 Å². The van der Waals surface area contributed by atoms with Crippen molar-refractivity contribution in [2.45, 2.75) is 0 Å². The van der Waals surface area contributed by atoms with Gasteiger partial charge in [-0.05, 0) is 0 Å². The second kappa shape index (κ2) is 5.36. The van der Waals surface area contributed by atoms with Crippen molar-refractivity contribution in [3.05, 3.63) is 0 Å². The molecule has 1 aliphatic heterocycles. The van der Waals surface area contributed by atoms with Crippen molar-refractivity contribution in [2.75, 3.05) is 13.1 Å². The Morgan fingerprint density at radius 3 is 1.82 bits per heavy atom. The lowest BCUT2D eigenvalue weighted by molar-refractivity contribution is -0.131. The minimum atomic E-state index is -0.250. The summed E-state index contributed by atoms with van der Waals surface area (Å²) in [6.45, 7) is 0.261. The van der Waals surface area contributed by atoms with E-state index >= 15 is 0 Å². The Hall–Kier alpha value is -1.43. The highest BCUT2D eigenvalue weighted by Crippen LogP contribution is 1.72. The fraction of sp³-hybridized carbons (Fsp3) is 0.400. The van der Waals surface area contributed by atoms with Gasteiger partial charge in [-0.25, -0.2) is 0 Å². The zero-order chi connectivity index (χ0) is 8.69. The quantitative estimate of drug-likeness (QED) is 0.279. The summed E-state index contributed by atoms with van der Waals surface area (Å²) in [6, 6.07) is 0. The lowest BCUT2D eigenvalue weighted by Gasteiger charge is -2.09. The minimum Gasteiger partial charge on any atom is -0.483 e. The van der Waals surface area contributed by atoms with Gasteiger partial charge >= 0.3 is 0 Å². The molecule has 2 amide bonds. The normalized spacial score (nSPS) is 16.0. The topological polar surface area (TPSA) is 95.5 Å². The average molecular weight is 160 g/mol. The maximum absolute atomic E-state index is 10.3. The first-order chi connectivity index (χ1) is 5.20. The van der Waals surface area contributed by atoms with Crippen LogP contribution in [0.3, 0.4) is 0 Å². The first-order valence-corrected chi connectivity index (χ1v) is 2.82. The second-order valence-corrected chi connectivity index (χ2v) is 1.68. The fourth-order valence-electron chi connectivity index (χ4n) is 0.533. The molecule has 6 nitrogen and oxygen atoms in total. The van der Waals surface area contributed by atoms with E-state index in [1.165, 1.54) is 0 Å². The predicted octanol–water partition coefficient (Wildman–Crippen LogP) is -2.07. The van der Waals surface area contributed by atoms with Gasteiger partial charge in [0.15, 0.2) is 0 Å². The number of hydrogen-bond donors (Lipinski definition) is 3. The van der Waals surface area contributed by atoms with Gasteiger partial charge in [0, 0.05) is 0 Å². The smallest absolute Gasteiger partial charge is 0.290 e. The number of carbonyl (C=O) groups is 3. The number of imide groups is 1. The summed E-state index contributed by atoms with van der Waals surface area (Å²) in [5, 5.41) is 11.7. The second-order valence-electron chi connectivity index (χ2n) is 1.68. The van der Waals surface area contributed by atoms with Gasteiger partial charge in [-0.1, -0.05) is 0 Å². The summed E-state index contributed by atoms with van der Waals surface area (Å²) < 4.78 is 0. The SMILES string of the molecule is O=C1CNCC(=O)N1.O=CO. The number of amides is 2. The molecule has 0 aliphatic carbocycles. The van der Waals surface area contributed by atoms with E-state index in [4.69, 9.17) is 9.90 Å². The molecule has 0 aromatic rings. The molecule has 1 rings (SSSR count). The summed E-state index contributed by atoms with van der Waals surface area (Å²) in [6.07, 6.45) is 0. The van der Waals surface area contributed by atoms with Gasteiger partial charge in [-0.3, -0.25) is 25.0 Å². The molecular formula is C5H8N2O4. The van der Waals surface area contributed by atoms with Gasteiger partial charge in [0.2, 0.25) is 11.8 Å². The van der Waals surface area contributed by atoms with E-state index in [2.05, 4.69) is 10.6 Å². The van der Waals surface area contributed by atoms with E-state index in [0.29, 0.717) is 0 Å². The number of carbonyl (C=O) groups excluding carboxylic acids is 2. The highest BCUT2D eigenvalue weighted by molar-refractivity contribution is 5.99. The van der Waals surface area contributed by atoms with E-state index in [1.54, 1.807) is 0 Å². The van der Waals surface area contributed by atoms with Crippen LogP contribution in [0.15, 0.2) is 0 Å². The number of nitrogens with one attached hydrogen (secondary N) is 2. The lowest BCUT2D eigenvalue weighted by Crippen LogP contribution is -2.48. The number of rotatable bonds is 0. The molecule has 1 fully saturated rings. The molecule has 0 unspecified atom stereocenters. The molecule has 0 aromatic carbocycles. The van der Waals surface area contributed by atoms with Crippen LogP contribution in [0.1, 0.15) is 0 Å². The third kappa shape index (κ3) is 5.04. The summed E-state index contributed by atoms with van der Waals surface area (Å²) in [5.74, 6) is -0.498. The van der Waals surface area contributed by atoms with Crippen LogP contribution in [0, 0.1) is 0 Å². The van der Waals surface area contributed by atoms with Gasteiger partial charge in [0.25, 0.3) is 6.47 Å². The van der Waals surface area contributed by atoms with Crippen LogP contribution in [0.5, 0.6) is 0 Å². The van der Waals surface area contributed by atoms with Crippen LogP contribution in [0.25, 0.3) is 0 Å². The zero-order valence-electron chi connectivity index (χ0n) is 5.66. The Balaban J connectivity index is 0.000000292. The fourth-order valence-corrected chi connectivity index (χ4v) is 0.533. The monoisotopic (exact) mass is 160 g/mol. The van der Waals surface area contributed by atoms with Gasteiger partial charge in [0.05, 0.1) is 13.1 Å². The molecule has 1 heterocycles. The molecule has 6 heteroatoms. The van der Waals surface area contributed by atoms with E-state index in [-0.39, 0.29) is 31.4 Å². The molecule has 0 radical (unpaired) electrons. The Labute approximate surface area is 62.6 Å². The molecule has 0 saturated carbocycles. The van der Waals surface area contributed by atoms with E-state index in [9.17, 15) is 9.59 Å². The first kappa shape index (κ1) is 9.57. The summed E-state index contributed by atoms with van der Waals surface area (Å²) >= 11 is 0. The van der Waals surface area contributed by atoms with Gasteiger partial charge in [-0.15, -0.1) is 0 Å². The third-order valence-corrected chi connectivity index (χ3v) is 0.850. The molecule has 1 aliphatic rings. The number of carboxylic acid groups (broad SMARTS) is 1. The number of hydrogen-bond acceptors (Lipinski definition) is 4. The van der Waals surface area contributed by atoms with Crippen molar-refractivity contribution in [1.29, 1.82) is 0 Å². The molecule has 3 N–H and O–H groups in total. The predicted molar refractivity (Wildman–Crippen MR) is 34.7 cm³/mol. The Bertz CT molecular complexity index is 154. The van der Waals surface area contributed by atoms with Crippen LogP contribution in [-0.4, -0.2) is 36.5 Å². The van der Waals surface area contributed by atoms with E-state index in [0.717, 1.165) is 0 Å². The summed E-state index contributed by atoms with van der Waals surface area (Å²) in [4.78, 5) is 28.9. The maximum Gasteiger partial charge on any atom is 0.290 e. The van der Waals surface area contributed by atoms with Crippen LogP contribution >= 0.6 is 0 Å². The van der Waals surface area contributed by atoms with Crippen molar-refractivity contribution in [3.8, 4) is 0 Å². The number of piperazine rings is 1. The van der Waals surface area contributed by atoms with Crippen LogP contribution in [0.2, 0.25) is 0 Å². The molecule has 0 atom stereocenters. The molecule has 0 bridgehead atoms. The Morgan fingerprint density at radius 1 is 1.27 bits per heavy atom. The van der Waals surface area contributed by atoms with Crippen molar-refractivity contribution in [1.82, 2.24) is 10.6 Å². The Kier molecular flexibility index (Phi) is 4.67. The van der Waals surface area contributed by atoms with Gasteiger partial charge in [-0.2, -0.15) is 0 Å². The minimum absolute atomic E-state index is 0.249. The molecule has 62 valence electrons. The van der Waals surface area contributed by atoms with Crippen LogP contribution in [0.4, 0.5) is 0 Å². The highest BCUT2D eigenvalue weighted by Gasteiger charge is 2.11. The molecule has 0 spiro atoms. The van der Waals surface area contributed by atoms with Crippen molar-refractivity contribution in [3.63, 3.8) is 0 Å². The van der Waals surface area contributed by atoms with Crippen LogP contribution < -0.4 is 10.6 Å². The molecule has 11 heavy (non-hydrogen) atoms.